The van der Waals surface area contributed by atoms with Crippen LogP contribution in [0, 0.1) is 0 Å². The highest BCUT2D eigenvalue weighted by Crippen LogP contribution is 2.37. The summed E-state index contributed by atoms with van der Waals surface area (Å²) in [7, 11) is 6.89. The Balaban J connectivity index is 1.93. The van der Waals surface area contributed by atoms with Gasteiger partial charge in [0.15, 0.2) is 0 Å². The van der Waals surface area contributed by atoms with Gasteiger partial charge in [-0.1, -0.05) is 19.8 Å². The monoisotopic (exact) mass is 281 g/mol. The standard InChI is InChI=1S/C17H35N3/c1-5-13-18-15-9-6-7-10-16(15)20(4)14-17(19(2)3)11-8-12-17/h15-16,18H,5-14H2,1-4H3. The molecule has 2 aliphatic carbocycles. The van der Waals surface area contributed by atoms with Crippen molar-refractivity contribution < 1.29 is 0 Å². The molecule has 0 bridgehead atoms. The topological polar surface area (TPSA) is 18.5 Å². The van der Waals surface area contributed by atoms with Crippen molar-refractivity contribution in [2.45, 2.75) is 75.9 Å². The minimum absolute atomic E-state index is 0.460. The second-order valence-electron chi connectivity index (χ2n) is 7.30. The lowest BCUT2D eigenvalue weighted by molar-refractivity contribution is 0.00544. The summed E-state index contributed by atoms with van der Waals surface area (Å²) in [6.45, 7) is 4.69. The number of rotatable bonds is 7. The van der Waals surface area contributed by atoms with Crippen LogP contribution in [0.5, 0.6) is 0 Å². The molecule has 0 amide bonds. The van der Waals surface area contributed by atoms with Gasteiger partial charge in [0.05, 0.1) is 0 Å². The van der Waals surface area contributed by atoms with Gasteiger partial charge in [0.1, 0.15) is 0 Å². The number of hydrogen-bond acceptors (Lipinski definition) is 3. The van der Waals surface area contributed by atoms with Gasteiger partial charge in [-0.15, -0.1) is 0 Å². The highest BCUT2D eigenvalue weighted by molar-refractivity contribution is 5.00. The summed E-state index contributed by atoms with van der Waals surface area (Å²) < 4.78 is 0. The molecule has 0 aromatic carbocycles. The highest BCUT2D eigenvalue weighted by Gasteiger charge is 2.41. The fourth-order valence-electron chi connectivity index (χ4n) is 4.12. The molecule has 0 radical (unpaired) electrons. The van der Waals surface area contributed by atoms with E-state index in [4.69, 9.17) is 0 Å². The van der Waals surface area contributed by atoms with E-state index >= 15 is 0 Å². The van der Waals surface area contributed by atoms with Crippen LogP contribution in [0.4, 0.5) is 0 Å². The first-order valence-corrected chi connectivity index (χ1v) is 8.70. The lowest BCUT2D eigenvalue weighted by Crippen LogP contribution is -2.60. The van der Waals surface area contributed by atoms with Crippen molar-refractivity contribution in [3.63, 3.8) is 0 Å². The zero-order valence-corrected chi connectivity index (χ0v) is 14.1. The van der Waals surface area contributed by atoms with Crippen LogP contribution in [0.2, 0.25) is 0 Å². The molecule has 0 aromatic heterocycles. The third kappa shape index (κ3) is 3.55. The smallest absolute Gasteiger partial charge is 0.0330 e. The third-order valence-electron chi connectivity index (χ3n) is 5.73. The van der Waals surface area contributed by atoms with Crippen LogP contribution in [0.15, 0.2) is 0 Å². The van der Waals surface area contributed by atoms with Gasteiger partial charge in [0.25, 0.3) is 0 Å². The molecule has 2 atom stereocenters. The Kier molecular flexibility index (Phi) is 5.88. The van der Waals surface area contributed by atoms with Gasteiger partial charge in [-0.25, -0.2) is 0 Å². The van der Waals surface area contributed by atoms with Crippen molar-refractivity contribution in [1.82, 2.24) is 15.1 Å². The fraction of sp³-hybridized carbons (Fsp3) is 1.00. The van der Waals surface area contributed by atoms with E-state index in [-0.39, 0.29) is 0 Å². The zero-order chi connectivity index (χ0) is 14.6. The quantitative estimate of drug-likeness (QED) is 0.774. The second-order valence-corrected chi connectivity index (χ2v) is 7.30. The maximum Gasteiger partial charge on any atom is 0.0330 e. The Morgan fingerprint density at radius 2 is 1.75 bits per heavy atom. The van der Waals surface area contributed by atoms with Crippen molar-refractivity contribution in [2.24, 2.45) is 0 Å². The summed E-state index contributed by atoms with van der Waals surface area (Å²) in [6, 6.07) is 1.46. The molecule has 0 spiro atoms. The first-order chi connectivity index (χ1) is 9.59. The zero-order valence-electron chi connectivity index (χ0n) is 14.1. The lowest BCUT2D eigenvalue weighted by Gasteiger charge is -2.51. The highest BCUT2D eigenvalue weighted by atomic mass is 15.2. The molecule has 0 aliphatic heterocycles. The van der Waals surface area contributed by atoms with E-state index in [1.165, 1.54) is 64.5 Å². The van der Waals surface area contributed by atoms with Gasteiger partial charge in [0, 0.05) is 24.2 Å². The van der Waals surface area contributed by atoms with Gasteiger partial charge in [-0.2, -0.15) is 0 Å². The van der Waals surface area contributed by atoms with Gasteiger partial charge < -0.3 is 15.1 Å². The van der Waals surface area contributed by atoms with E-state index in [0.29, 0.717) is 11.6 Å². The number of likely N-dealkylation sites (N-methyl/N-ethyl adjacent to an activating group) is 2. The van der Waals surface area contributed by atoms with Crippen molar-refractivity contribution >= 4 is 0 Å². The van der Waals surface area contributed by atoms with Crippen LogP contribution in [0.25, 0.3) is 0 Å². The molecule has 2 saturated carbocycles. The summed E-state index contributed by atoms with van der Waals surface area (Å²) in [6.07, 6.45) is 11.0. The van der Waals surface area contributed by atoms with E-state index < -0.39 is 0 Å². The van der Waals surface area contributed by atoms with Crippen LogP contribution >= 0.6 is 0 Å². The van der Waals surface area contributed by atoms with Gasteiger partial charge in [-0.3, -0.25) is 0 Å². The van der Waals surface area contributed by atoms with E-state index in [0.717, 1.165) is 6.04 Å². The molecule has 2 aliphatic rings. The minimum atomic E-state index is 0.460. The summed E-state index contributed by atoms with van der Waals surface area (Å²) in [5.74, 6) is 0. The molecule has 3 nitrogen and oxygen atoms in total. The van der Waals surface area contributed by atoms with Crippen molar-refractivity contribution in [2.75, 3.05) is 34.2 Å². The normalized spacial score (nSPS) is 29.7. The van der Waals surface area contributed by atoms with Crippen molar-refractivity contribution in [3.8, 4) is 0 Å². The average molecular weight is 281 g/mol. The molecular weight excluding hydrogens is 246 g/mol. The van der Waals surface area contributed by atoms with Crippen molar-refractivity contribution in [3.05, 3.63) is 0 Å². The molecule has 20 heavy (non-hydrogen) atoms. The number of nitrogens with zero attached hydrogens (tertiary/aromatic N) is 2. The lowest BCUT2D eigenvalue weighted by atomic mass is 9.74. The summed E-state index contributed by atoms with van der Waals surface area (Å²) in [5, 5.41) is 3.80. The van der Waals surface area contributed by atoms with E-state index in [9.17, 15) is 0 Å². The molecule has 3 heteroatoms. The average Bonchev–Trinajstić information content (AvgIpc) is 2.40. The Morgan fingerprint density at radius 1 is 1.05 bits per heavy atom. The first kappa shape index (κ1) is 16.3. The fourth-order valence-corrected chi connectivity index (χ4v) is 4.12. The maximum absolute atomic E-state index is 3.80. The third-order valence-corrected chi connectivity index (χ3v) is 5.73. The van der Waals surface area contributed by atoms with Crippen LogP contribution in [0.1, 0.15) is 58.3 Å². The van der Waals surface area contributed by atoms with Crippen LogP contribution in [-0.2, 0) is 0 Å². The molecule has 2 fully saturated rings. The van der Waals surface area contributed by atoms with Gasteiger partial charge in [0.2, 0.25) is 0 Å². The van der Waals surface area contributed by atoms with Gasteiger partial charge in [-0.05, 0) is 66.2 Å². The summed E-state index contributed by atoms with van der Waals surface area (Å²) in [5.41, 5.74) is 0.460. The van der Waals surface area contributed by atoms with Crippen molar-refractivity contribution in [1.29, 1.82) is 0 Å². The molecule has 2 rings (SSSR count). The number of nitrogens with one attached hydrogen (secondary N) is 1. The Labute approximate surface area is 126 Å². The Hall–Kier alpha value is -0.120. The Bertz CT molecular complexity index is 286. The molecular formula is C17H35N3. The summed E-state index contributed by atoms with van der Waals surface area (Å²) in [4.78, 5) is 5.15. The molecule has 2 unspecified atom stereocenters. The van der Waals surface area contributed by atoms with Crippen LogP contribution in [-0.4, -0.2) is 61.7 Å². The molecule has 0 saturated heterocycles. The van der Waals surface area contributed by atoms with E-state index in [1.807, 2.05) is 0 Å². The minimum Gasteiger partial charge on any atom is -0.312 e. The SMILES string of the molecule is CCCNC1CCCCC1N(C)CC1(N(C)C)CCC1. The largest absolute Gasteiger partial charge is 0.312 e. The number of hydrogen-bond donors (Lipinski definition) is 1. The van der Waals surface area contributed by atoms with E-state index in [1.54, 1.807) is 0 Å². The summed E-state index contributed by atoms with van der Waals surface area (Å²) >= 11 is 0. The van der Waals surface area contributed by atoms with Crippen LogP contribution in [0.3, 0.4) is 0 Å². The predicted octanol–water partition coefficient (Wildman–Crippen LogP) is 2.71. The molecule has 118 valence electrons. The van der Waals surface area contributed by atoms with E-state index in [2.05, 4.69) is 43.2 Å². The first-order valence-electron chi connectivity index (χ1n) is 8.70. The second kappa shape index (κ2) is 7.24. The molecule has 1 N–H and O–H groups in total. The van der Waals surface area contributed by atoms with Crippen LogP contribution < -0.4 is 5.32 Å². The maximum atomic E-state index is 3.80. The Morgan fingerprint density at radius 3 is 2.30 bits per heavy atom. The van der Waals surface area contributed by atoms with Gasteiger partial charge >= 0.3 is 0 Å². The molecule has 0 aromatic rings. The predicted molar refractivity (Wildman–Crippen MR) is 87.2 cm³/mol. The molecule has 0 heterocycles.